The van der Waals surface area contributed by atoms with Gasteiger partial charge < -0.3 is 20.3 Å². The second kappa shape index (κ2) is 54.7. The van der Waals surface area contributed by atoms with E-state index in [9.17, 15) is 19.8 Å². The number of rotatable bonds is 50. The predicted octanol–water partition coefficient (Wildman–Crippen LogP) is 17.7. The molecular weight excluding hydrogens is 839 g/mol. The molecule has 3 unspecified atom stereocenters. The Morgan fingerprint density at radius 1 is 0.456 bits per heavy atom. The smallest absolute Gasteiger partial charge is 0.306 e. The molecule has 0 aliphatic carbocycles. The summed E-state index contributed by atoms with van der Waals surface area (Å²) in [4.78, 5) is 26.3. The van der Waals surface area contributed by atoms with Crippen molar-refractivity contribution in [3.05, 3.63) is 97.2 Å². The Morgan fingerprint density at radius 2 is 0.853 bits per heavy atom. The highest BCUT2D eigenvalue weighted by Gasteiger charge is 2.24. The zero-order chi connectivity index (χ0) is 49.5. The van der Waals surface area contributed by atoms with Crippen LogP contribution >= 0.6 is 0 Å². The fourth-order valence-corrected chi connectivity index (χ4v) is 8.20. The number of carbonyl (C=O) groups is 2. The molecule has 3 atom stereocenters. The Bertz CT molecular complexity index is 1340. The lowest BCUT2D eigenvalue weighted by molar-refractivity contribution is -0.151. The van der Waals surface area contributed by atoms with Crippen LogP contribution in [0.15, 0.2) is 97.2 Å². The first-order chi connectivity index (χ1) is 33.5. The first kappa shape index (κ1) is 64.8. The van der Waals surface area contributed by atoms with Crippen molar-refractivity contribution >= 4 is 11.9 Å². The molecule has 68 heavy (non-hydrogen) atoms. The molecule has 6 heteroatoms. The topological polar surface area (TPSA) is 95.9 Å². The summed E-state index contributed by atoms with van der Waals surface area (Å²) in [6.45, 7) is 6.33. The van der Waals surface area contributed by atoms with E-state index in [1.165, 1.54) is 109 Å². The van der Waals surface area contributed by atoms with Crippen molar-refractivity contribution in [2.45, 2.75) is 277 Å². The van der Waals surface area contributed by atoms with Crippen LogP contribution in [0.25, 0.3) is 0 Å². The van der Waals surface area contributed by atoms with E-state index in [0.717, 1.165) is 103 Å². The van der Waals surface area contributed by atoms with Gasteiger partial charge in [0.15, 0.2) is 0 Å². The molecule has 0 spiro atoms. The normalized spacial score (nSPS) is 13.9. The summed E-state index contributed by atoms with van der Waals surface area (Å²) in [6.07, 6.45) is 73.2. The van der Waals surface area contributed by atoms with E-state index < -0.39 is 18.2 Å². The Balaban J connectivity index is 4.69. The average Bonchev–Trinajstić information content (AvgIpc) is 3.33. The van der Waals surface area contributed by atoms with Crippen LogP contribution in [-0.4, -0.2) is 46.9 Å². The summed E-state index contributed by atoms with van der Waals surface area (Å²) in [7, 11) is 0. The first-order valence-electron chi connectivity index (χ1n) is 28.5. The minimum atomic E-state index is -0.811. The monoisotopic (exact) mass is 946 g/mol. The van der Waals surface area contributed by atoms with Gasteiger partial charge in [-0.2, -0.15) is 0 Å². The number of amides is 1. The second-order valence-electron chi connectivity index (χ2n) is 19.0. The van der Waals surface area contributed by atoms with Gasteiger partial charge in [0.2, 0.25) is 5.91 Å². The van der Waals surface area contributed by atoms with E-state index in [1.54, 1.807) is 0 Å². The van der Waals surface area contributed by atoms with Crippen LogP contribution in [0.4, 0.5) is 0 Å². The Labute approximate surface area is 420 Å². The molecule has 3 N–H and O–H groups in total. The fourth-order valence-electron chi connectivity index (χ4n) is 8.20. The largest absolute Gasteiger partial charge is 0.462 e. The molecule has 0 saturated heterocycles. The maximum atomic E-state index is 13.3. The minimum absolute atomic E-state index is 0.0338. The van der Waals surface area contributed by atoms with Gasteiger partial charge in [-0.1, -0.05) is 253 Å². The number of hydrogen-bond donors (Lipinski definition) is 3. The van der Waals surface area contributed by atoms with Gasteiger partial charge in [0.25, 0.3) is 0 Å². The van der Waals surface area contributed by atoms with E-state index >= 15 is 0 Å². The number of carbonyl (C=O) groups excluding carboxylic acids is 2. The summed E-state index contributed by atoms with van der Waals surface area (Å²) < 4.78 is 5.92. The van der Waals surface area contributed by atoms with Gasteiger partial charge >= 0.3 is 5.97 Å². The van der Waals surface area contributed by atoms with Crippen molar-refractivity contribution < 1.29 is 24.5 Å². The third-order valence-corrected chi connectivity index (χ3v) is 12.5. The molecule has 0 rings (SSSR count). The summed E-state index contributed by atoms with van der Waals surface area (Å²) in [6, 6.07) is -0.728. The number of unbranched alkanes of at least 4 members (excludes halogenated alkanes) is 25. The number of nitrogens with one attached hydrogen (secondary N) is 1. The van der Waals surface area contributed by atoms with Crippen molar-refractivity contribution in [3.63, 3.8) is 0 Å². The van der Waals surface area contributed by atoms with Crippen molar-refractivity contribution in [2.24, 2.45) is 0 Å². The highest BCUT2D eigenvalue weighted by Crippen LogP contribution is 2.17. The number of ether oxygens (including phenoxy) is 1. The molecule has 1 amide bonds. The lowest BCUT2D eigenvalue weighted by atomic mass is 10.0. The number of aliphatic hydroxyl groups excluding tert-OH is 2. The molecule has 6 nitrogen and oxygen atoms in total. The summed E-state index contributed by atoms with van der Waals surface area (Å²) >= 11 is 0. The molecule has 0 aliphatic rings. The molecule has 0 radical (unpaired) electrons. The third kappa shape index (κ3) is 49.2. The highest BCUT2D eigenvalue weighted by molar-refractivity contribution is 5.77. The van der Waals surface area contributed by atoms with Crippen LogP contribution in [0.2, 0.25) is 0 Å². The van der Waals surface area contributed by atoms with Crippen molar-refractivity contribution in [3.8, 4) is 0 Å². The molecule has 390 valence electrons. The Kier molecular flexibility index (Phi) is 52.1. The molecule has 0 heterocycles. The quantitative estimate of drug-likeness (QED) is 0.0244. The molecule has 0 aromatic heterocycles. The van der Waals surface area contributed by atoms with Gasteiger partial charge in [0.05, 0.1) is 25.2 Å². The molecule has 0 aliphatic heterocycles. The van der Waals surface area contributed by atoms with Crippen molar-refractivity contribution in [1.29, 1.82) is 0 Å². The molecule has 0 fully saturated rings. The van der Waals surface area contributed by atoms with Gasteiger partial charge in [0.1, 0.15) is 6.10 Å². The number of aliphatic hydroxyl groups is 2. The van der Waals surface area contributed by atoms with Gasteiger partial charge in [0, 0.05) is 6.42 Å². The summed E-state index contributed by atoms with van der Waals surface area (Å²) in [5, 5.41) is 23.9. The van der Waals surface area contributed by atoms with E-state index in [-0.39, 0.29) is 24.9 Å². The van der Waals surface area contributed by atoms with E-state index in [0.29, 0.717) is 19.3 Å². The Hall–Kier alpha value is -3.22. The van der Waals surface area contributed by atoms with E-state index in [2.05, 4.69) is 117 Å². The highest BCUT2D eigenvalue weighted by atomic mass is 16.5. The summed E-state index contributed by atoms with van der Waals surface area (Å²) in [5.74, 6) is -0.552. The standard InChI is InChI=1S/C62H107NO5/c1-4-7-10-13-16-19-22-25-28-31-33-36-39-42-45-48-51-54-60(65)59(57-64)63-61(66)56-58(53-50-47-44-41-38-35-32-29-26-23-20-17-14-11-8-5-2)68-62(67)55-52-49-46-43-40-37-34-30-27-24-21-18-15-12-9-6-3/h9,12,17-18,20-21,23,26-27,29-30,32,35,37-38,40,58-60,64-65H,4-8,10-11,13-16,19,22,24-25,28,31,33-34,36,39,41-57H2,1-3H3,(H,63,66)/b12-9+,20-17+,21-18+,26-23+,30-27+,32-29+,38-35+,40-37+. The number of allylic oxidation sites excluding steroid dienone is 16. The molecule has 0 bridgehead atoms. The lowest BCUT2D eigenvalue weighted by Gasteiger charge is -2.24. The van der Waals surface area contributed by atoms with E-state index in [4.69, 9.17) is 4.74 Å². The fraction of sp³-hybridized carbons (Fsp3) is 0.710. The molecule has 0 aromatic carbocycles. The first-order valence-corrected chi connectivity index (χ1v) is 28.5. The van der Waals surface area contributed by atoms with Crippen molar-refractivity contribution in [2.75, 3.05) is 6.61 Å². The SMILES string of the molecule is CC/C=C/C/C=C/C/C=C/C/C=C/CCCCCC(=O)OC(CCCCC/C=C/C=C/C=C/C=C/CCCCC)CC(=O)NC(CO)C(O)CCCCCCCCCCCCCCCCCCC. The maximum Gasteiger partial charge on any atom is 0.306 e. The molecular formula is C62H107NO5. The van der Waals surface area contributed by atoms with Crippen LogP contribution in [0.3, 0.4) is 0 Å². The average molecular weight is 947 g/mol. The van der Waals surface area contributed by atoms with Crippen molar-refractivity contribution in [1.82, 2.24) is 5.32 Å². The Morgan fingerprint density at radius 3 is 1.37 bits per heavy atom. The zero-order valence-electron chi connectivity index (χ0n) is 44.5. The van der Waals surface area contributed by atoms with Crippen LogP contribution in [0, 0.1) is 0 Å². The van der Waals surface area contributed by atoms with Gasteiger partial charge in [-0.15, -0.1) is 0 Å². The zero-order valence-corrected chi connectivity index (χ0v) is 44.5. The van der Waals surface area contributed by atoms with Crippen LogP contribution < -0.4 is 5.32 Å². The third-order valence-electron chi connectivity index (χ3n) is 12.5. The second-order valence-corrected chi connectivity index (χ2v) is 19.0. The maximum absolute atomic E-state index is 13.3. The van der Waals surface area contributed by atoms with Gasteiger partial charge in [-0.25, -0.2) is 0 Å². The minimum Gasteiger partial charge on any atom is -0.462 e. The van der Waals surface area contributed by atoms with Gasteiger partial charge in [-0.3, -0.25) is 9.59 Å². The van der Waals surface area contributed by atoms with Crippen LogP contribution in [-0.2, 0) is 14.3 Å². The van der Waals surface area contributed by atoms with Crippen LogP contribution in [0.1, 0.15) is 258 Å². The summed E-state index contributed by atoms with van der Waals surface area (Å²) in [5.41, 5.74) is 0. The predicted molar refractivity (Wildman–Crippen MR) is 296 cm³/mol. The lowest BCUT2D eigenvalue weighted by Crippen LogP contribution is -2.46. The number of hydrogen-bond acceptors (Lipinski definition) is 5. The molecule has 0 aromatic rings. The molecule has 0 saturated carbocycles. The van der Waals surface area contributed by atoms with E-state index in [1.807, 2.05) is 6.08 Å². The number of esters is 1. The van der Waals surface area contributed by atoms with Gasteiger partial charge in [-0.05, 0) is 89.9 Å². The van der Waals surface area contributed by atoms with Crippen LogP contribution in [0.5, 0.6) is 0 Å².